The average molecular weight is 310 g/mol. The van der Waals surface area contributed by atoms with Crippen molar-refractivity contribution in [2.75, 3.05) is 17.7 Å². The van der Waals surface area contributed by atoms with Gasteiger partial charge in [-0.2, -0.15) is 0 Å². The fraction of sp³-hybridized carbons (Fsp3) is 0.143. The van der Waals surface area contributed by atoms with E-state index in [4.69, 9.17) is 22.1 Å². The van der Waals surface area contributed by atoms with Crippen molar-refractivity contribution in [2.45, 2.75) is 6.92 Å². The SMILES string of the molecule is CCOC(=O)c1cc(Nc2cc(F)cc(Cl)c2)ncc1N. The fourth-order valence-corrected chi connectivity index (χ4v) is 1.92. The highest BCUT2D eigenvalue weighted by atomic mass is 35.5. The number of nitrogens with one attached hydrogen (secondary N) is 1. The van der Waals surface area contributed by atoms with Crippen LogP contribution in [0, 0.1) is 5.82 Å². The maximum atomic E-state index is 13.3. The minimum Gasteiger partial charge on any atom is -0.462 e. The van der Waals surface area contributed by atoms with E-state index in [9.17, 15) is 9.18 Å². The number of nitrogen functional groups attached to an aromatic ring is 1. The minimum absolute atomic E-state index is 0.192. The van der Waals surface area contributed by atoms with Gasteiger partial charge in [-0.25, -0.2) is 14.2 Å². The number of ether oxygens (including phenoxy) is 1. The quantitative estimate of drug-likeness (QED) is 0.847. The van der Waals surface area contributed by atoms with Crippen LogP contribution < -0.4 is 11.1 Å². The molecule has 1 aromatic carbocycles. The number of aromatic nitrogens is 1. The predicted molar refractivity (Wildman–Crippen MR) is 79.3 cm³/mol. The van der Waals surface area contributed by atoms with Crippen LogP contribution in [0.4, 0.5) is 21.6 Å². The number of esters is 1. The van der Waals surface area contributed by atoms with Gasteiger partial charge in [0, 0.05) is 10.7 Å². The number of nitrogens with two attached hydrogens (primary N) is 1. The number of anilines is 3. The first kappa shape index (κ1) is 15.1. The predicted octanol–water partition coefficient (Wildman–Crippen LogP) is 3.38. The van der Waals surface area contributed by atoms with Crippen molar-refractivity contribution >= 4 is 34.8 Å². The Bertz CT molecular complexity index is 659. The lowest BCUT2D eigenvalue weighted by molar-refractivity contribution is 0.0527. The number of hydrogen-bond acceptors (Lipinski definition) is 5. The topological polar surface area (TPSA) is 77.2 Å². The third kappa shape index (κ3) is 3.82. The number of rotatable bonds is 4. The van der Waals surface area contributed by atoms with Gasteiger partial charge in [0.15, 0.2) is 0 Å². The lowest BCUT2D eigenvalue weighted by atomic mass is 10.2. The number of halogens is 2. The second kappa shape index (κ2) is 6.41. The molecule has 0 spiro atoms. The van der Waals surface area contributed by atoms with Crippen LogP contribution >= 0.6 is 11.6 Å². The highest BCUT2D eigenvalue weighted by molar-refractivity contribution is 6.30. The Labute approximate surface area is 125 Å². The van der Waals surface area contributed by atoms with E-state index in [0.717, 1.165) is 0 Å². The zero-order valence-electron chi connectivity index (χ0n) is 11.2. The molecule has 0 aliphatic carbocycles. The van der Waals surface area contributed by atoms with Crippen molar-refractivity contribution in [3.05, 3.63) is 46.9 Å². The van der Waals surface area contributed by atoms with Gasteiger partial charge in [-0.3, -0.25) is 0 Å². The molecule has 2 aromatic rings. The Balaban J connectivity index is 2.28. The molecular weight excluding hydrogens is 297 g/mol. The Morgan fingerprint density at radius 2 is 2.19 bits per heavy atom. The minimum atomic E-state index is -0.544. The van der Waals surface area contributed by atoms with Crippen molar-refractivity contribution in [2.24, 2.45) is 0 Å². The molecule has 0 fully saturated rings. The summed E-state index contributed by atoms with van der Waals surface area (Å²) in [6.45, 7) is 1.94. The van der Waals surface area contributed by atoms with Crippen molar-refractivity contribution in [1.29, 1.82) is 0 Å². The van der Waals surface area contributed by atoms with Gasteiger partial charge in [0.2, 0.25) is 0 Å². The Kier molecular flexibility index (Phi) is 4.59. The molecule has 0 saturated carbocycles. The Hall–Kier alpha value is -2.34. The summed E-state index contributed by atoms with van der Waals surface area (Å²) in [6.07, 6.45) is 1.33. The monoisotopic (exact) mass is 309 g/mol. The molecular formula is C14H13ClFN3O2. The maximum Gasteiger partial charge on any atom is 0.340 e. The van der Waals surface area contributed by atoms with Gasteiger partial charge in [-0.15, -0.1) is 0 Å². The number of carbonyl (C=O) groups is 1. The van der Waals surface area contributed by atoms with Crippen molar-refractivity contribution < 1.29 is 13.9 Å². The number of hydrogen-bond donors (Lipinski definition) is 2. The normalized spacial score (nSPS) is 10.2. The van der Waals surface area contributed by atoms with Gasteiger partial charge in [-0.1, -0.05) is 11.6 Å². The summed E-state index contributed by atoms with van der Waals surface area (Å²) >= 11 is 5.77. The third-order valence-corrected chi connectivity index (χ3v) is 2.78. The summed E-state index contributed by atoms with van der Waals surface area (Å²) in [5.74, 6) is -0.697. The van der Waals surface area contributed by atoms with Crippen molar-refractivity contribution in [3.63, 3.8) is 0 Å². The zero-order chi connectivity index (χ0) is 15.4. The summed E-state index contributed by atoms with van der Waals surface area (Å²) in [4.78, 5) is 15.8. The van der Waals surface area contributed by atoms with E-state index in [1.165, 1.54) is 30.5 Å². The van der Waals surface area contributed by atoms with E-state index in [1.807, 2.05) is 0 Å². The Morgan fingerprint density at radius 3 is 2.86 bits per heavy atom. The first-order valence-corrected chi connectivity index (χ1v) is 6.53. The number of benzene rings is 1. The van der Waals surface area contributed by atoms with Gasteiger partial charge in [0.25, 0.3) is 0 Å². The van der Waals surface area contributed by atoms with Crippen molar-refractivity contribution in [3.8, 4) is 0 Å². The van der Waals surface area contributed by atoms with Crippen LogP contribution in [0.1, 0.15) is 17.3 Å². The molecule has 5 nitrogen and oxygen atoms in total. The maximum absolute atomic E-state index is 13.3. The number of carbonyl (C=O) groups excluding carboxylic acids is 1. The van der Waals surface area contributed by atoms with Crippen LogP contribution in [-0.2, 0) is 4.74 Å². The molecule has 1 heterocycles. The molecule has 0 amide bonds. The summed E-state index contributed by atoms with van der Waals surface area (Å²) < 4.78 is 18.2. The summed E-state index contributed by atoms with van der Waals surface area (Å²) in [7, 11) is 0. The van der Waals surface area contributed by atoms with Crippen LogP contribution in [0.15, 0.2) is 30.5 Å². The van der Waals surface area contributed by atoms with E-state index >= 15 is 0 Å². The molecule has 1 aromatic heterocycles. The summed E-state index contributed by atoms with van der Waals surface area (Å²) in [5.41, 5.74) is 6.50. The second-order valence-electron chi connectivity index (χ2n) is 4.16. The van der Waals surface area contributed by atoms with Gasteiger partial charge in [0.05, 0.1) is 24.1 Å². The molecule has 21 heavy (non-hydrogen) atoms. The first-order chi connectivity index (χ1) is 9.99. The highest BCUT2D eigenvalue weighted by Gasteiger charge is 2.12. The molecule has 0 unspecified atom stereocenters. The van der Waals surface area contributed by atoms with Crippen molar-refractivity contribution in [1.82, 2.24) is 4.98 Å². The van der Waals surface area contributed by atoms with E-state index in [-0.39, 0.29) is 22.9 Å². The smallest absolute Gasteiger partial charge is 0.340 e. The lowest BCUT2D eigenvalue weighted by Crippen LogP contribution is -2.09. The number of nitrogens with zero attached hydrogens (tertiary/aromatic N) is 1. The van der Waals surface area contributed by atoms with Crippen LogP contribution in [0.25, 0.3) is 0 Å². The van der Waals surface area contributed by atoms with E-state index < -0.39 is 11.8 Å². The van der Waals surface area contributed by atoms with Gasteiger partial charge in [0.1, 0.15) is 11.6 Å². The van der Waals surface area contributed by atoms with Gasteiger partial charge < -0.3 is 15.8 Å². The second-order valence-corrected chi connectivity index (χ2v) is 4.60. The molecule has 2 rings (SSSR count). The van der Waals surface area contributed by atoms with E-state index in [2.05, 4.69) is 10.3 Å². The lowest BCUT2D eigenvalue weighted by Gasteiger charge is -2.09. The van der Waals surface area contributed by atoms with Crippen LogP contribution in [-0.4, -0.2) is 17.6 Å². The highest BCUT2D eigenvalue weighted by Crippen LogP contribution is 2.23. The number of pyridine rings is 1. The van der Waals surface area contributed by atoms with Gasteiger partial charge >= 0.3 is 5.97 Å². The molecule has 0 saturated heterocycles. The third-order valence-electron chi connectivity index (χ3n) is 2.57. The van der Waals surface area contributed by atoms with Crippen LogP contribution in [0.2, 0.25) is 5.02 Å². The Morgan fingerprint density at radius 1 is 1.43 bits per heavy atom. The molecule has 110 valence electrons. The fourth-order valence-electron chi connectivity index (χ4n) is 1.69. The molecule has 0 bridgehead atoms. The van der Waals surface area contributed by atoms with Gasteiger partial charge in [-0.05, 0) is 31.2 Å². The van der Waals surface area contributed by atoms with Crippen LogP contribution in [0.3, 0.4) is 0 Å². The molecule has 7 heteroatoms. The van der Waals surface area contributed by atoms with E-state index in [1.54, 1.807) is 6.92 Å². The summed E-state index contributed by atoms with van der Waals surface area (Å²) in [5, 5.41) is 3.10. The molecule has 0 radical (unpaired) electrons. The van der Waals surface area contributed by atoms with E-state index in [0.29, 0.717) is 11.5 Å². The van der Waals surface area contributed by atoms with Crippen LogP contribution in [0.5, 0.6) is 0 Å². The molecule has 0 aliphatic heterocycles. The molecule has 0 atom stereocenters. The zero-order valence-corrected chi connectivity index (χ0v) is 11.9. The average Bonchev–Trinajstić information content (AvgIpc) is 2.40. The molecule has 0 aliphatic rings. The largest absolute Gasteiger partial charge is 0.462 e. The first-order valence-electron chi connectivity index (χ1n) is 6.15. The summed E-state index contributed by atoms with van der Waals surface area (Å²) in [6, 6.07) is 5.42. The standard InChI is InChI=1S/C14H13ClFN3O2/c1-2-21-14(20)11-6-13(18-7-12(11)17)19-10-4-8(15)3-9(16)5-10/h3-7H,2,17H2,1H3,(H,18,19). The molecule has 3 N–H and O–H groups in total.